The molecule has 0 spiro atoms. The number of benzene rings is 1. The summed E-state index contributed by atoms with van der Waals surface area (Å²) in [6.07, 6.45) is 0. The smallest absolute Gasteiger partial charge is 0.243 e. The lowest BCUT2D eigenvalue weighted by Gasteiger charge is -2.34. The van der Waals surface area contributed by atoms with Crippen molar-refractivity contribution >= 4 is 10.0 Å². The number of aryl methyl sites for hydroxylation is 2. The summed E-state index contributed by atoms with van der Waals surface area (Å²) in [4.78, 5) is 4.92. The number of hydrogen-bond donors (Lipinski definition) is 0. The summed E-state index contributed by atoms with van der Waals surface area (Å²) in [7, 11) is 0.745. The van der Waals surface area contributed by atoms with Crippen LogP contribution in [0.5, 0.6) is 0 Å². The normalized spacial score (nSPS) is 18.0. The van der Waals surface area contributed by atoms with E-state index >= 15 is 0 Å². The van der Waals surface area contributed by atoms with Crippen LogP contribution < -0.4 is 0 Å². The minimum atomic E-state index is -3.37. The Hall–Kier alpha value is -0.950. The van der Waals surface area contributed by atoms with E-state index in [0.717, 1.165) is 37.3 Å². The second-order valence-corrected chi connectivity index (χ2v) is 8.22. The molecule has 0 bridgehead atoms. The zero-order valence-corrected chi connectivity index (χ0v) is 14.9. The average Bonchev–Trinajstić information content (AvgIpc) is 2.45. The first-order valence-electron chi connectivity index (χ1n) is 7.75. The van der Waals surface area contributed by atoms with E-state index in [4.69, 9.17) is 0 Å². The maximum Gasteiger partial charge on any atom is 0.243 e. The Bertz CT molecular complexity index is 606. The summed E-state index contributed by atoms with van der Waals surface area (Å²) < 4.78 is 27.2. The summed E-state index contributed by atoms with van der Waals surface area (Å²) in [5.74, 6) is 0. The maximum absolute atomic E-state index is 12.8. The minimum absolute atomic E-state index is 0.444. The Morgan fingerprint density at radius 3 is 2.27 bits per heavy atom. The van der Waals surface area contributed by atoms with Crippen LogP contribution in [-0.4, -0.2) is 75.9 Å². The molecule has 1 aliphatic heterocycles. The van der Waals surface area contributed by atoms with Crippen LogP contribution in [0, 0.1) is 13.8 Å². The molecule has 1 aromatic rings. The van der Waals surface area contributed by atoms with Gasteiger partial charge in [-0.3, -0.25) is 4.90 Å². The molecule has 0 radical (unpaired) electrons. The second kappa shape index (κ2) is 7.08. The fourth-order valence-corrected chi connectivity index (χ4v) is 4.39. The third-order valence-corrected chi connectivity index (χ3v) is 6.20. The van der Waals surface area contributed by atoms with E-state index in [1.54, 1.807) is 10.4 Å². The largest absolute Gasteiger partial charge is 0.308 e. The highest BCUT2D eigenvalue weighted by molar-refractivity contribution is 7.89. The van der Waals surface area contributed by atoms with Crippen LogP contribution >= 0.6 is 0 Å². The van der Waals surface area contributed by atoms with E-state index in [2.05, 4.69) is 23.9 Å². The first kappa shape index (κ1) is 17.4. The van der Waals surface area contributed by atoms with Crippen molar-refractivity contribution in [1.82, 2.24) is 14.1 Å². The summed E-state index contributed by atoms with van der Waals surface area (Å²) >= 11 is 0. The second-order valence-electron chi connectivity index (χ2n) is 6.32. The fraction of sp³-hybridized carbons (Fsp3) is 0.625. The van der Waals surface area contributed by atoms with Crippen LogP contribution in [-0.2, 0) is 10.0 Å². The van der Waals surface area contributed by atoms with E-state index in [9.17, 15) is 8.42 Å². The van der Waals surface area contributed by atoms with Gasteiger partial charge in [-0.15, -0.1) is 0 Å². The van der Waals surface area contributed by atoms with Gasteiger partial charge in [0, 0.05) is 39.3 Å². The highest BCUT2D eigenvalue weighted by Gasteiger charge is 2.29. The predicted octanol–water partition coefficient (Wildman–Crippen LogP) is 1.17. The Morgan fingerprint density at radius 2 is 1.73 bits per heavy atom. The van der Waals surface area contributed by atoms with Gasteiger partial charge >= 0.3 is 0 Å². The standard InChI is InChI=1S/C16H27N3O2S/c1-14-5-6-16(15(2)13-14)22(20,21)19-11-9-18(10-12-19)8-7-17(3)4/h5-6,13H,7-12H2,1-4H3. The molecule has 124 valence electrons. The van der Waals surface area contributed by atoms with Crippen LogP contribution in [0.15, 0.2) is 23.1 Å². The zero-order valence-electron chi connectivity index (χ0n) is 14.0. The number of hydrogen-bond acceptors (Lipinski definition) is 4. The van der Waals surface area contributed by atoms with Crippen molar-refractivity contribution in [3.8, 4) is 0 Å². The van der Waals surface area contributed by atoms with Gasteiger partial charge in [0.15, 0.2) is 0 Å². The lowest BCUT2D eigenvalue weighted by atomic mass is 10.2. The highest BCUT2D eigenvalue weighted by Crippen LogP contribution is 2.22. The lowest BCUT2D eigenvalue weighted by Crippen LogP contribution is -2.49. The van der Waals surface area contributed by atoms with E-state index in [1.165, 1.54) is 0 Å². The SMILES string of the molecule is Cc1ccc(S(=O)(=O)N2CCN(CCN(C)C)CC2)c(C)c1. The van der Waals surface area contributed by atoms with Crippen molar-refractivity contribution in [1.29, 1.82) is 0 Å². The maximum atomic E-state index is 12.8. The fourth-order valence-electron chi connectivity index (χ4n) is 2.76. The van der Waals surface area contributed by atoms with Crippen molar-refractivity contribution in [2.75, 3.05) is 53.4 Å². The molecule has 1 saturated heterocycles. The van der Waals surface area contributed by atoms with Gasteiger partial charge in [-0.05, 0) is 39.6 Å². The first-order chi connectivity index (χ1) is 10.3. The summed E-state index contributed by atoms with van der Waals surface area (Å²) in [5, 5.41) is 0. The van der Waals surface area contributed by atoms with E-state index < -0.39 is 10.0 Å². The molecule has 0 N–H and O–H groups in total. The summed E-state index contributed by atoms with van der Waals surface area (Å²) in [6.45, 7) is 8.59. The van der Waals surface area contributed by atoms with Gasteiger partial charge in [-0.1, -0.05) is 17.7 Å². The third-order valence-electron chi connectivity index (χ3n) is 4.14. The summed E-state index contributed by atoms with van der Waals surface area (Å²) in [5.41, 5.74) is 1.92. The van der Waals surface area contributed by atoms with E-state index in [0.29, 0.717) is 18.0 Å². The minimum Gasteiger partial charge on any atom is -0.308 e. The van der Waals surface area contributed by atoms with Crippen LogP contribution in [0.25, 0.3) is 0 Å². The molecule has 0 saturated carbocycles. The molecule has 0 aromatic heterocycles. The van der Waals surface area contributed by atoms with Gasteiger partial charge < -0.3 is 4.90 Å². The molecule has 2 rings (SSSR count). The lowest BCUT2D eigenvalue weighted by molar-refractivity contribution is 0.174. The van der Waals surface area contributed by atoms with E-state index in [-0.39, 0.29) is 0 Å². The number of sulfonamides is 1. The molecule has 0 amide bonds. The molecule has 6 heteroatoms. The molecular formula is C16H27N3O2S. The van der Waals surface area contributed by atoms with Crippen molar-refractivity contribution in [2.24, 2.45) is 0 Å². The number of rotatable bonds is 5. The zero-order chi connectivity index (χ0) is 16.3. The molecule has 1 heterocycles. The third kappa shape index (κ3) is 4.07. The highest BCUT2D eigenvalue weighted by atomic mass is 32.2. The molecule has 0 atom stereocenters. The van der Waals surface area contributed by atoms with Crippen LogP contribution in [0.3, 0.4) is 0 Å². The van der Waals surface area contributed by atoms with E-state index in [1.807, 2.05) is 26.0 Å². The Kier molecular flexibility index (Phi) is 5.60. The summed E-state index contributed by atoms with van der Waals surface area (Å²) in [6, 6.07) is 5.53. The Morgan fingerprint density at radius 1 is 1.09 bits per heavy atom. The predicted molar refractivity (Wildman–Crippen MR) is 89.7 cm³/mol. The van der Waals surface area contributed by atoms with Crippen LogP contribution in [0.1, 0.15) is 11.1 Å². The van der Waals surface area contributed by atoms with Crippen molar-refractivity contribution < 1.29 is 8.42 Å². The Labute approximate surface area is 134 Å². The molecule has 1 aromatic carbocycles. The molecular weight excluding hydrogens is 298 g/mol. The quantitative estimate of drug-likeness (QED) is 0.815. The number of piperazine rings is 1. The molecule has 0 aliphatic carbocycles. The Balaban J connectivity index is 2.03. The van der Waals surface area contributed by atoms with Crippen molar-refractivity contribution in [3.05, 3.63) is 29.3 Å². The van der Waals surface area contributed by atoms with Gasteiger partial charge in [0.05, 0.1) is 4.90 Å². The van der Waals surface area contributed by atoms with Gasteiger partial charge in [0.2, 0.25) is 10.0 Å². The van der Waals surface area contributed by atoms with Gasteiger partial charge in [-0.25, -0.2) is 8.42 Å². The molecule has 5 nitrogen and oxygen atoms in total. The van der Waals surface area contributed by atoms with Crippen LogP contribution in [0.4, 0.5) is 0 Å². The first-order valence-corrected chi connectivity index (χ1v) is 9.19. The molecule has 22 heavy (non-hydrogen) atoms. The monoisotopic (exact) mass is 325 g/mol. The van der Waals surface area contributed by atoms with Gasteiger partial charge in [0.25, 0.3) is 0 Å². The van der Waals surface area contributed by atoms with Gasteiger partial charge in [0.1, 0.15) is 0 Å². The molecule has 0 unspecified atom stereocenters. The molecule has 1 fully saturated rings. The van der Waals surface area contributed by atoms with Crippen LogP contribution in [0.2, 0.25) is 0 Å². The topological polar surface area (TPSA) is 43.9 Å². The average molecular weight is 325 g/mol. The van der Waals surface area contributed by atoms with Crippen molar-refractivity contribution in [2.45, 2.75) is 18.7 Å². The molecule has 1 aliphatic rings. The van der Waals surface area contributed by atoms with Crippen molar-refractivity contribution in [3.63, 3.8) is 0 Å². The van der Waals surface area contributed by atoms with Gasteiger partial charge in [-0.2, -0.15) is 4.31 Å². The number of nitrogens with zero attached hydrogens (tertiary/aromatic N) is 3. The number of likely N-dealkylation sites (N-methyl/N-ethyl adjacent to an activating group) is 1.